The third kappa shape index (κ3) is 3.56. The number of thioether (sulfide) groups is 1. The maximum atomic E-state index is 13.5. The Labute approximate surface area is 208 Å². The Hall–Kier alpha value is -4.37. The van der Waals surface area contributed by atoms with Crippen LogP contribution in [-0.4, -0.2) is 26.3 Å². The first-order valence-electron chi connectivity index (χ1n) is 11.2. The topological polar surface area (TPSA) is 91.6 Å². The zero-order valence-electron chi connectivity index (χ0n) is 19.5. The first-order chi connectivity index (χ1) is 17.5. The van der Waals surface area contributed by atoms with Gasteiger partial charge < -0.3 is 9.15 Å². The maximum Gasteiger partial charge on any atom is 0.336 e. The van der Waals surface area contributed by atoms with Crippen molar-refractivity contribution in [3.05, 3.63) is 105 Å². The summed E-state index contributed by atoms with van der Waals surface area (Å²) >= 11 is 1.43. The van der Waals surface area contributed by atoms with Gasteiger partial charge in [-0.1, -0.05) is 42.1 Å². The van der Waals surface area contributed by atoms with Gasteiger partial charge in [0.15, 0.2) is 5.16 Å². The van der Waals surface area contributed by atoms with Crippen LogP contribution in [0.25, 0.3) is 33.3 Å². The lowest BCUT2D eigenvalue weighted by atomic mass is 10.1. The van der Waals surface area contributed by atoms with E-state index in [1.807, 2.05) is 72.0 Å². The molecule has 0 atom stereocenters. The van der Waals surface area contributed by atoms with Crippen molar-refractivity contribution < 1.29 is 9.15 Å². The van der Waals surface area contributed by atoms with Crippen LogP contribution in [0.1, 0.15) is 11.1 Å². The Morgan fingerprint density at radius 2 is 1.75 bits per heavy atom. The summed E-state index contributed by atoms with van der Waals surface area (Å²) in [6.45, 7) is 1.96. The maximum absolute atomic E-state index is 13.5. The predicted molar refractivity (Wildman–Crippen MR) is 139 cm³/mol. The molecule has 0 saturated carbocycles. The first kappa shape index (κ1) is 22.1. The molecule has 0 spiro atoms. The molecule has 6 rings (SSSR count). The summed E-state index contributed by atoms with van der Waals surface area (Å²) in [6, 6.07) is 22.0. The highest BCUT2D eigenvalue weighted by atomic mass is 32.2. The molecule has 9 heteroatoms. The molecule has 178 valence electrons. The van der Waals surface area contributed by atoms with E-state index in [1.165, 1.54) is 17.8 Å². The lowest BCUT2D eigenvalue weighted by Gasteiger charge is -2.13. The molecule has 6 aromatic rings. The largest absolute Gasteiger partial charge is 0.497 e. The fourth-order valence-electron chi connectivity index (χ4n) is 4.40. The number of hydrogen-bond acceptors (Lipinski definition) is 7. The number of hydrogen-bond donors (Lipinski definition) is 0. The molecule has 0 unspecified atom stereocenters. The summed E-state index contributed by atoms with van der Waals surface area (Å²) in [7, 11) is 1.57. The van der Waals surface area contributed by atoms with Crippen LogP contribution < -0.4 is 15.9 Å². The lowest BCUT2D eigenvalue weighted by Crippen LogP contribution is -2.22. The Balaban J connectivity index is 1.52. The molecule has 3 heterocycles. The molecule has 3 aromatic carbocycles. The van der Waals surface area contributed by atoms with E-state index in [-0.39, 0.29) is 5.56 Å². The number of aromatic nitrogens is 4. The fourth-order valence-corrected chi connectivity index (χ4v) is 5.33. The van der Waals surface area contributed by atoms with Crippen LogP contribution in [0.3, 0.4) is 0 Å². The second-order valence-electron chi connectivity index (χ2n) is 8.30. The first-order valence-corrected chi connectivity index (χ1v) is 12.2. The number of fused-ring (bicyclic) bond motifs is 4. The minimum absolute atomic E-state index is 0.156. The van der Waals surface area contributed by atoms with Gasteiger partial charge in [0.05, 0.1) is 23.7 Å². The Kier molecular flexibility index (Phi) is 5.34. The lowest BCUT2D eigenvalue weighted by molar-refractivity contribution is 0.414. The van der Waals surface area contributed by atoms with E-state index >= 15 is 0 Å². The van der Waals surface area contributed by atoms with E-state index < -0.39 is 5.63 Å². The van der Waals surface area contributed by atoms with Gasteiger partial charge in [0.25, 0.3) is 5.56 Å². The van der Waals surface area contributed by atoms with Gasteiger partial charge >= 0.3 is 5.63 Å². The molecule has 3 aromatic heterocycles. The van der Waals surface area contributed by atoms with E-state index in [9.17, 15) is 9.59 Å². The average Bonchev–Trinajstić information content (AvgIpc) is 3.31. The molecule has 0 aliphatic carbocycles. The molecule has 0 aliphatic rings. The van der Waals surface area contributed by atoms with Crippen molar-refractivity contribution in [2.75, 3.05) is 7.11 Å². The second-order valence-corrected chi connectivity index (χ2v) is 9.25. The van der Waals surface area contributed by atoms with Crippen LogP contribution >= 0.6 is 11.8 Å². The molecule has 0 N–H and O–H groups in total. The number of aryl methyl sites for hydroxylation is 1. The van der Waals surface area contributed by atoms with Crippen molar-refractivity contribution in [3.8, 4) is 11.4 Å². The van der Waals surface area contributed by atoms with Gasteiger partial charge in [-0.2, -0.15) is 0 Å². The molecule has 0 amide bonds. The standard InChI is InChI=1S/C27H20N4O4S/c1-16-7-3-5-9-21(16)30-25(33)20-8-4-6-10-22(20)31-26(30)28-29-27(31)36-15-17-13-24(32)35-23-14-18(34-2)11-12-19(17)23/h3-14H,15H2,1-2H3. The van der Waals surface area contributed by atoms with Crippen LogP contribution in [0.2, 0.25) is 0 Å². The Morgan fingerprint density at radius 3 is 2.58 bits per heavy atom. The van der Waals surface area contributed by atoms with Crippen LogP contribution in [0.4, 0.5) is 0 Å². The van der Waals surface area contributed by atoms with E-state index in [0.29, 0.717) is 33.4 Å². The number of rotatable bonds is 5. The molecule has 0 bridgehead atoms. The highest BCUT2D eigenvalue weighted by molar-refractivity contribution is 7.98. The van der Waals surface area contributed by atoms with Crippen molar-refractivity contribution in [3.63, 3.8) is 0 Å². The summed E-state index contributed by atoms with van der Waals surface area (Å²) in [4.78, 5) is 25.8. The number of nitrogens with zero attached hydrogens (tertiary/aromatic N) is 4. The third-order valence-corrected chi connectivity index (χ3v) is 7.12. The molecular formula is C27H20N4O4S. The van der Waals surface area contributed by atoms with Crippen molar-refractivity contribution in [2.45, 2.75) is 17.8 Å². The third-order valence-electron chi connectivity index (χ3n) is 6.15. The SMILES string of the molecule is COc1ccc2c(CSc3nnc4n(-c5ccccc5C)c(=O)c5ccccc5n34)cc(=O)oc2c1. The summed E-state index contributed by atoms with van der Waals surface area (Å²) < 4.78 is 14.1. The van der Waals surface area contributed by atoms with Gasteiger partial charge in [-0.05, 0) is 48.4 Å². The van der Waals surface area contributed by atoms with Gasteiger partial charge in [-0.3, -0.25) is 9.20 Å². The molecule has 8 nitrogen and oxygen atoms in total. The summed E-state index contributed by atoms with van der Waals surface area (Å²) in [5, 5.41) is 10.9. The van der Waals surface area contributed by atoms with Crippen molar-refractivity contribution in [1.82, 2.24) is 19.2 Å². The van der Waals surface area contributed by atoms with Crippen LogP contribution in [0, 0.1) is 6.92 Å². The average molecular weight is 497 g/mol. The number of ether oxygens (including phenoxy) is 1. The predicted octanol–water partition coefficient (Wildman–Crippen LogP) is 4.75. The van der Waals surface area contributed by atoms with Crippen molar-refractivity contribution in [2.24, 2.45) is 0 Å². The zero-order chi connectivity index (χ0) is 24.8. The van der Waals surface area contributed by atoms with E-state index in [0.717, 1.165) is 27.7 Å². The van der Waals surface area contributed by atoms with Gasteiger partial charge in [0.1, 0.15) is 11.3 Å². The summed E-state index contributed by atoms with van der Waals surface area (Å²) in [5.41, 5.74) is 3.10. The van der Waals surface area contributed by atoms with Gasteiger partial charge in [-0.25, -0.2) is 9.36 Å². The normalized spacial score (nSPS) is 11.5. The highest BCUT2D eigenvalue weighted by Gasteiger charge is 2.19. The zero-order valence-corrected chi connectivity index (χ0v) is 20.3. The van der Waals surface area contributed by atoms with Crippen LogP contribution in [-0.2, 0) is 5.75 Å². The smallest absolute Gasteiger partial charge is 0.336 e. The molecule has 0 saturated heterocycles. The Bertz CT molecular complexity index is 1900. The van der Waals surface area contributed by atoms with E-state index in [1.54, 1.807) is 17.7 Å². The van der Waals surface area contributed by atoms with E-state index in [2.05, 4.69) is 10.2 Å². The molecule has 0 radical (unpaired) electrons. The molecular weight excluding hydrogens is 476 g/mol. The van der Waals surface area contributed by atoms with Gasteiger partial charge in [0.2, 0.25) is 5.78 Å². The number of benzene rings is 3. The second kappa shape index (κ2) is 8.69. The van der Waals surface area contributed by atoms with Crippen LogP contribution in [0.5, 0.6) is 5.75 Å². The molecule has 0 fully saturated rings. The van der Waals surface area contributed by atoms with Crippen molar-refractivity contribution >= 4 is 39.4 Å². The minimum Gasteiger partial charge on any atom is -0.497 e. The van der Waals surface area contributed by atoms with E-state index in [4.69, 9.17) is 9.15 Å². The van der Waals surface area contributed by atoms with Gasteiger partial charge in [-0.15, -0.1) is 10.2 Å². The van der Waals surface area contributed by atoms with Crippen LogP contribution in [0.15, 0.2) is 92.0 Å². The number of para-hydroxylation sites is 2. The fraction of sp³-hybridized carbons (Fsp3) is 0.111. The monoisotopic (exact) mass is 496 g/mol. The summed E-state index contributed by atoms with van der Waals surface area (Å²) in [5.74, 6) is 1.49. The minimum atomic E-state index is -0.434. The molecule has 0 aliphatic heterocycles. The quantitative estimate of drug-likeness (QED) is 0.251. The molecule has 36 heavy (non-hydrogen) atoms. The number of methoxy groups -OCH3 is 1. The Morgan fingerprint density at radius 1 is 0.944 bits per heavy atom. The van der Waals surface area contributed by atoms with Gasteiger partial charge in [0, 0.05) is 23.3 Å². The summed E-state index contributed by atoms with van der Waals surface area (Å²) in [6.07, 6.45) is 0. The highest BCUT2D eigenvalue weighted by Crippen LogP contribution is 2.29. The van der Waals surface area contributed by atoms with Crippen molar-refractivity contribution in [1.29, 1.82) is 0 Å².